The molecule has 1 aromatic heterocycles. The Kier molecular flexibility index (Phi) is 6.68. The summed E-state index contributed by atoms with van der Waals surface area (Å²) in [5.74, 6) is -0.424. The van der Waals surface area contributed by atoms with Crippen molar-refractivity contribution in [2.75, 3.05) is 10.6 Å². The predicted molar refractivity (Wildman–Crippen MR) is 124 cm³/mol. The molecule has 0 spiro atoms. The Bertz CT molecular complexity index is 1240. The van der Waals surface area contributed by atoms with Crippen molar-refractivity contribution in [2.24, 2.45) is 0 Å². The number of hydrogen-bond donors (Lipinski definition) is 2. The van der Waals surface area contributed by atoms with Crippen molar-refractivity contribution in [1.29, 1.82) is 0 Å². The Morgan fingerprint density at radius 3 is 2.00 bits per heavy atom. The number of benzene rings is 3. The van der Waals surface area contributed by atoms with Gasteiger partial charge in [-0.1, -0.05) is 59.6 Å². The highest BCUT2D eigenvalue weighted by Gasteiger charge is 2.18. The lowest BCUT2D eigenvalue weighted by molar-refractivity contribution is 0.0947. The zero-order chi connectivity index (χ0) is 22.5. The summed E-state index contributed by atoms with van der Waals surface area (Å²) < 4.78 is 14.4. The Balaban J connectivity index is 1.59. The van der Waals surface area contributed by atoms with Crippen LogP contribution in [0.25, 0.3) is 0 Å². The molecule has 6 nitrogen and oxygen atoms in total. The number of nitrogens with zero attached hydrogens (tertiary/aromatic N) is 3. The van der Waals surface area contributed by atoms with E-state index in [1.165, 1.54) is 24.3 Å². The molecule has 0 saturated carbocycles. The van der Waals surface area contributed by atoms with Gasteiger partial charge in [-0.3, -0.25) is 4.79 Å². The topological polar surface area (TPSA) is 71.8 Å². The van der Waals surface area contributed by atoms with Crippen molar-refractivity contribution in [2.45, 2.75) is 13.1 Å². The van der Waals surface area contributed by atoms with Crippen LogP contribution in [0, 0.1) is 5.82 Å². The predicted octanol–water partition coefficient (Wildman–Crippen LogP) is 5.64. The molecule has 0 aliphatic heterocycles. The van der Waals surface area contributed by atoms with Gasteiger partial charge in [0, 0.05) is 28.7 Å². The zero-order valence-corrected chi connectivity index (χ0v) is 18.2. The summed E-state index contributed by atoms with van der Waals surface area (Å²) in [4.78, 5) is 17.4. The first-order valence-corrected chi connectivity index (χ1v) is 10.5. The van der Waals surface area contributed by atoms with Crippen molar-refractivity contribution in [3.05, 3.63) is 105 Å². The third-order valence-electron chi connectivity index (χ3n) is 4.68. The molecular weight excluding hydrogens is 452 g/mol. The zero-order valence-electron chi connectivity index (χ0n) is 16.7. The highest BCUT2D eigenvalue weighted by atomic mass is 35.5. The van der Waals surface area contributed by atoms with Gasteiger partial charge in [-0.2, -0.15) is 9.67 Å². The fraction of sp³-hybridized carbons (Fsp3) is 0.0870. The molecular formula is C23H18Cl2FN5O. The number of carbonyl (C=O) groups is 1. The molecule has 0 amide bonds. The first-order valence-electron chi connectivity index (χ1n) is 9.73. The number of nitrogens with one attached hydrogen (secondary N) is 2. The molecule has 4 rings (SSSR count). The summed E-state index contributed by atoms with van der Waals surface area (Å²) in [6.45, 7) is 0.706. The van der Waals surface area contributed by atoms with E-state index < -0.39 is 11.7 Å². The monoisotopic (exact) mass is 469 g/mol. The first kappa shape index (κ1) is 21.8. The molecule has 0 unspecified atom stereocenters. The number of anilines is 2. The summed E-state index contributed by atoms with van der Waals surface area (Å²) in [5.41, 5.74) is 1.97. The van der Waals surface area contributed by atoms with Crippen LogP contribution in [-0.4, -0.2) is 20.7 Å². The standard InChI is InChI=1S/C23H18Cl2FN5O/c24-19-7-3-1-5-16(19)13-27-22-29-23(28-14-17-6-2-4-8-20(17)25)31(30-22)21(32)15-9-11-18(26)12-10-15/h1-12H,13-14H2,(H2,27,28,29,30). The minimum atomic E-state index is -0.454. The lowest BCUT2D eigenvalue weighted by Gasteiger charge is -2.08. The quantitative estimate of drug-likeness (QED) is 0.366. The highest BCUT2D eigenvalue weighted by molar-refractivity contribution is 6.31. The van der Waals surface area contributed by atoms with E-state index in [0.717, 1.165) is 15.8 Å². The van der Waals surface area contributed by atoms with Gasteiger partial charge in [0.25, 0.3) is 5.91 Å². The number of aromatic nitrogens is 3. The molecule has 162 valence electrons. The Morgan fingerprint density at radius 2 is 1.41 bits per heavy atom. The fourth-order valence-corrected chi connectivity index (χ4v) is 3.39. The lowest BCUT2D eigenvalue weighted by atomic mass is 10.2. The third-order valence-corrected chi connectivity index (χ3v) is 5.42. The number of carbonyl (C=O) groups excluding carboxylic acids is 1. The van der Waals surface area contributed by atoms with Crippen LogP contribution in [-0.2, 0) is 13.1 Å². The van der Waals surface area contributed by atoms with Crippen LogP contribution in [0.3, 0.4) is 0 Å². The van der Waals surface area contributed by atoms with E-state index >= 15 is 0 Å². The minimum Gasteiger partial charge on any atom is -0.350 e. The molecule has 0 fully saturated rings. The summed E-state index contributed by atoms with van der Waals surface area (Å²) in [5, 5.41) is 11.7. The average Bonchev–Trinajstić information content (AvgIpc) is 3.21. The van der Waals surface area contributed by atoms with Gasteiger partial charge >= 0.3 is 0 Å². The van der Waals surface area contributed by atoms with Crippen LogP contribution in [0.1, 0.15) is 21.5 Å². The van der Waals surface area contributed by atoms with Crippen LogP contribution < -0.4 is 10.6 Å². The first-order chi connectivity index (χ1) is 15.5. The lowest BCUT2D eigenvalue weighted by Crippen LogP contribution is -2.17. The van der Waals surface area contributed by atoms with Crippen molar-refractivity contribution < 1.29 is 9.18 Å². The van der Waals surface area contributed by atoms with Gasteiger partial charge in [-0.15, -0.1) is 5.10 Å². The van der Waals surface area contributed by atoms with Crippen LogP contribution in [0.4, 0.5) is 16.3 Å². The molecule has 1 heterocycles. The van der Waals surface area contributed by atoms with E-state index in [2.05, 4.69) is 20.7 Å². The summed E-state index contributed by atoms with van der Waals surface area (Å²) in [7, 11) is 0. The van der Waals surface area contributed by atoms with E-state index in [9.17, 15) is 9.18 Å². The Hall–Kier alpha value is -3.42. The van der Waals surface area contributed by atoms with Gasteiger partial charge in [-0.05, 0) is 47.5 Å². The second kappa shape index (κ2) is 9.80. The van der Waals surface area contributed by atoms with Gasteiger partial charge in [0.05, 0.1) is 0 Å². The largest absolute Gasteiger partial charge is 0.350 e. The normalized spacial score (nSPS) is 10.7. The van der Waals surface area contributed by atoms with Gasteiger partial charge in [0.1, 0.15) is 5.82 Å². The molecule has 9 heteroatoms. The average molecular weight is 470 g/mol. The second-order valence-corrected chi connectivity index (χ2v) is 7.69. The van der Waals surface area contributed by atoms with Crippen molar-refractivity contribution >= 4 is 41.0 Å². The summed E-state index contributed by atoms with van der Waals surface area (Å²) in [6, 6.07) is 20.0. The van der Waals surface area contributed by atoms with Crippen LogP contribution >= 0.6 is 23.2 Å². The van der Waals surface area contributed by atoms with E-state index in [1.807, 2.05) is 36.4 Å². The Labute approximate surface area is 194 Å². The second-order valence-electron chi connectivity index (χ2n) is 6.87. The van der Waals surface area contributed by atoms with E-state index in [1.54, 1.807) is 12.1 Å². The molecule has 3 aromatic carbocycles. The van der Waals surface area contributed by atoms with Gasteiger partial charge in [-0.25, -0.2) is 4.39 Å². The molecule has 4 aromatic rings. The summed E-state index contributed by atoms with van der Waals surface area (Å²) in [6.07, 6.45) is 0. The Morgan fingerprint density at radius 1 is 0.844 bits per heavy atom. The van der Waals surface area contributed by atoms with Crippen molar-refractivity contribution in [1.82, 2.24) is 14.8 Å². The van der Waals surface area contributed by atoms with E-state index in [-0.39, 0.29) is 17.5 Å². The van der Waals surface area contributed by atoms with E-state index in [0.29, 0.717) is 23.1 Å². The maximum atomic E-state index is 13.3. The molecule has 0 bridgehead atoms. The molecule has 2 N–H and O–H groups in total. The number of rotatable bonds is 7. The molecule has 32 heavy (non-hydrogen) atoms. The smallest absolute Gasteiger partial charge is 0.281 e. The third kappa shape index (κ3) is 5.07. The van der Waals surface area contributed by atoms with Gasteiger partial charge in [0.15, 0.2) is 0 Å². The number of hydrogen-bond acceptors (Lipinski definition) is 5. The molecule has 0 radical (unpaired) electrons. The van der Waals surface area contributed by atoms with Crippen molar-refractivity contribution in [3.63, 3.8) is 0 Å². The maximum Gasteiger partial charge on any atom is 0.281 e. The van der Waals surface area contributed by atoms with Crippen LogP contribution in [0.2, 0.25) is 10.0 Å². The SMILES string of the molecule is O=C(c1ccc(F)cc1)n1nc(NCc2ccccc2Cl)nc1NCc1ccccc1Cl. The van der Waals surface area contributed by atoms with Crippen molar-refractivity contribution in [3.8, 4) is 0 Å². The van der Waals surface area contributed by atoms with Crippen LogP contribution in [0.15, 0.2) is 72.8 Å². The minimum absolute atomic E-state index is 0.223. The van der Waals surface area contributed by atoms with Gasteiger partial charge < -0.3 is 10.6 Å². The molecule has 0 aliphatic rings. The molecule has 0 saturated heterocycles. The highest BCUT2D eigenvalue weighted by Crippen LogP contribution is 2.20. The van der Waals surface area contributed by atoms with Crippen LogP contribution in [0.5, 0.6) is 0 Å². The number of halogens is 3. The van der Waals surface area contributed by atoms with E-state index in [4.69, 9.17) is 23.2 Å². The molecule has 0 aliphatic carbocycles. The maximum absolute atomic E-state index is 13.3. The fourth-order valence-electron chi connectivity index (χ4n) is 2.99. The van der Waals surface area contributed by atoms with Gasteiger partial charge in [0.2, 0.25) is 11.9 Å². The molecule has 0 atom stereocenters. The summed E-state index contributed by atoms with van der Waals surface area (Å²) >= 11 is 12.4.